The summed E-state index contributed by atoms with van der Waals surface area (Å²) >= 11 is 0. The lowest BCUT2D eigenvalue weighted by Crippen LogP contribution is -2.54. The third kappa shape index (κ3) is 1.57. The number of rotatable bonds is 0. The average Bonchev–Trinajstić information content (AvgIpc) is 2.04. The molecule has 0 aromatic carbocycles. The summed E-state index contributed by atoms with van der Waals surface area (Å²) in [4.78, 5) is 0. The number of morpholine rings is 1. The van der Waals surface area contributed by atoms with Crippen molar-refractivity contribution < 1.29 is 4.74 Å². The molecule has 11 heavy (non-hydrogen) atoms. The van der Waals surface area contributed by atoms with Gasteiger partial charge in [0.2, 0.25) is 0 Å². The number of hydrogen-bond donors (Lipinski definition) is 1. The Balaban J connectivity index is 1.93. The van der Waals surface area contributed by atoms with Crippen molar-refractivity contribution in [3.63, 3.8) is 0 Å². The second-order valence-corrected chi connectivity index (χ2v) is 3.83. The zero-order valence-corrected chi connectivity index (χ0v) is 7.18. The second kappa shape index (κ2) is 3.11. The Kier molecular flexibility index (Phi) is 2.14. The Morgan fingerprint density at radius 3 is 3.00 bits per heavy atom. The minimum Gasteiger partial charge on any atom is -0.375 e. The van der Waals surface area contributed by atoms with E-state index in [0.717, 1.165) is 6.61 Å². The summed E-state index contributed by atoms with van der Waals surface area (Å²) in [6, 6.07) is 1.22. The molecule has 0 bridgehead atoms. The highest BCUT2D eigenvalue weighted by Crippen LogP contribution is 2.24. The lowest BCUT2D eigenvalue weighted by atomic mass is 9.91. The van der Waals surface area contributed by atoms with Crippen LogP contribution in [0.4, 0.5) is 0 Å². The van der Waals surface area contributed by atoms with Gasteiger partial charge in [0.25, 0.3) is 0 Å². The van der Waals surface area contributed by atoms with Gasteiger partial charge in [0.1, 0.15) is 0 Å². The van der Waals surface area contributed by atoms with E-state index in [1.165, 1.54) is 25.7 Å². The molecule has 1 aliphatic carbocycles. The van der Waals surface area contributed by atoms with Gasteiger partial charge >= 0.3 is 0 Å². The molecule has 0 aromatic rings. The molecule has 3 atom stereocenters. The first-order valence-electron chi connectivity index (χ1n) is 4.74. The normalized spacial score (nSPS) is 45.0. The van der Waals surface area contributed by atoms with Gasteiger partial charge in [-0.15, -0.1) is 0 Å². The lowest BCUT2D eigenvalue weighted by Gasteiger charge is -2.39. The predicted molar refractivity (Wildman–Crippen MR) is 44.6 cm³/mol. The first-order valence-corrected chi connectivity index (χ1v) is 4.74. The molecule has 0 aromatic heterocycles. The maximum Gasteiger partial charge on any atom is 0.0728 e. The molecule has 2 aliphatic rings. The minimum atomic E-state index is 0.528. The molecule has 1 saturated heterocycles. The van der Waals surface area contributed by atoms with Gasteiger partial charge in [-0.25, -0.2) is 0 Å². The van der Waals surface area contributed by atoms with Gasteiger partial charge in [0.15, 0.2) is 0 Å². The van der Waals surface area contributed by atoms with E-state index in [4.69, 9.17) is 4.74 Å². The zero-order chi connectivity index (χ0) is 7.68. The summed E-state index contributed by atoms with van der Waals surface area (Å²) in [5.74, 6) is 0. The molecule has 64 valence electrons. The van der Waals surface area contributed by atoms with Crippen LogP contribution in [0.5, 0.6) is 0 Å². The molecule has 1 heterocycles. The van der Waals surface area contributed by atoms with E-state index in [-0.39, 0.29) is 0 Å². The first-order chi connectivity index (χ1) is 5.36. The molecule has 1 N–H and O–H groups in total. The summed E-state index contributed by atoms with van der Waals surface area (Å²) in [6.07, 6.45) is 5.85. The van der Waals surface area contributed by atoms with Crippen molar-refractivity contribution >= 4 is 0 Å². The topological polar surface area (TPSA) is 21.3 Å². The highest BCUT2D eigenvalue weighted by molar-refractivity contribution is 4.87. The molecule has 2 heteroatoms. The fraction of sp³-hybridized carbons (Fsp3) is 1.00. The fourth-order valence-electron chi connectivity index (χ4n) is 2.17. The van der Waals surface area contributed by atoms with Gasteiger partial charge in [0, 0.05) is 12.1 Å². The standard InChI is InChI=1S/C9H17NO/c1-7-6-11-9-5-3-2-4-8(9)10-7/h7-10H,2-6H2,1H3/t7-,8+,9+/m0/s1. The Bertz CT molecular complexity index is 138. The van der Waals surface area contributed by atoms with E-state index < -0.39 is 0 Å². The molecule has 2 fully saturated rings. The monoisotopic (exact) mass is 155 g/mol. The number of hydrogen-bond acceptors (Lipinski definition) is 2. The predicted octanol–water partition coefficient (Wildman–Crippen LogP) is 1.31. The molecule has 0 radical (unpaired) electrons. The molecule has 0 unspecified atom stereocenters. The van der Waals surface area contributed by atoms with Gasteiger partial charge in [-0.2, -0.15) is 0 Å². The van der Waals surface area contributed by atoms with Gasteiger partial charge in [-0.3, -0.25) is 0 Å². The van der Waals surface area contributed by atoms with Gasteiger partial charge < -0.3 is 10.1 Å². The zero-order valence-electron chi connectivity index (χ0n) is 7.18. The summed E-state index contributed by atoms with van der Waals surface area (Å²) in [7, 11) is 0. The highest BCUT2D eigenvalue weighted by Gasteiger charge is 2.30. The molecule has 2 nitrogen and oxygen atoms in total. The van der Waals surface area contributed by atoms with Crippen molar-refractivity contribution in [2.45, 2.75) is 50.8 Å². The number of nitrogens with one attached hydrogen (secondary N) is 1. The van der Waals surface area contributed by atoms with Crippen LogP contribution in [0.2, 0.25) is 0 Å². The van der Waals surface area contributed by atoms with Gasteiger partial charge in [-0.05, 0) is 19.8 Å². The third-order valence-electron chi connectivity index (χ3n) is 2.76. The fourth-order valence-corrected chi connectivity index (χ4v) is 2.17. The SMILES string of the molecule is C[C@H]1CO[C@@H]2CCCC[C@H]2N1. The maximum absolute atomic E-state index is 5.73. The largest absolute Gasteiger partial charge is 0.375 e. The quantitative estimate of drug-likeness (QED) is 0.569. The molecule has 0 spiro atoms. The van der Waals surface area contributed by atoms with Crippen LogP contribution in [0, 0.1) is 0 Å². The minimum absolute atomic E-state index is 0.528. The summed E-state index contributed by atoms with van der Waals surface area (Å²) in [5.41, 5.74) is 0. The molecule has 1 saturated carbocycles. The van der Waals surface area contributed by atoms with Crippen LogP contribution in [-0.2, 0) is 4.74 Å². The van der Waals surface area contributed by atoms with Crippen LogP contribution in [0.25, 0.3) is 0 Å². The Morgan fingerprint density at radius 2 is 2.09 bits per heavy atom. The van der Waals surface area contributed by atoms with Crippen molar-refractivity contribution in [3.8, 4) is 0 Å². The van der Waals surface area contributed by atoms with Crippen molar-refractivity contribution in [2.24, 2.45) is 0 Å². The average molecular weight is 155 g/mol. The molecule has 0 amide bonds. The number of fused-ring (bicyclic) bond motifs is 1. The first kappa shape index (κ1) is 7.56. The van der Waals surface area contributed by atoms with Crippen molar-refractivity contribution in [1.82, 2.24) is 5.32 Å². The lowest BCUT2D eigenvalue weighted by molar-refractivity contribution is -0.0419. The van der Waals surface area contributed by atoms with E-state index in [9.17, 15) is 0 Å². The van der Waals surface area contributed by atoms with Gasteiger partial charge in [-0.1, -0.05) is 12.8 Å². The van der Waals surface area contributed by atoms with Crippen LogP contribution in [0.1, 0.15) is 32.6 Å². The van der Waals surface area contributed by atoms with Crippen LogP contribution >= 0.6 is 0 Å². The van der Waals surface area contributed by atoms with Crippen LogP contribution in [0.3, 0.4) is 0 Å². The van der Waals surface area contributed by atoms with Gasteiger partial charge in [0.05, 0.1) is 12.7 Å². The highest BCUT2D eigenvalue weighted by atomic mass is 16.5. The summed E-state index contributed by atoms with van der Waals surface area (Å²) in [6.45, 7) is 3.10. The van der Waals surface area contributed by atoms with Crippen LogP contribution in [0.15, 0.2) is 0 Å². The molecular formula is C9H17NO. The van der Waals surface area contributed by atoms with E-state index in [2.05, 4.69) is 12.2 Å². The second-order valence-electron chi connectivity index (χ2n) is 3.83. The number of ether oxygens (including phenoxy) is 1. The summed E-state index contributed by atoms with van der Waals surface area (Å²) in [5, 5.41) is 3.59. The van der Waals surface area contributed by atoms with Crippen molar-refractivity contribution in [3.05, 3.63) is 0 Å². The Morgan fingerprint density at radius 1 is 1.27 bits per heavy atom. The van der Waals surface area contributed by atoms with E-state index in [0.29, 0.717) is 18.2 Å². The molecular weight excluding hydrogens is 138 g/mol. The maximum atomic E-state index is 5.73. The Hall–Kier alpha value is -0.0800. The van der Waals surface area contributed by atoms with Crippen LogP contribution < -0.4 is 5.32 Å². The summed E-state index contributed by atoms with van der Waals surface area (Å²) < 4.78 is 5.73. The molecule has 1 aliphatic heterocycles. The van der Waals surface area contributed by atoms with Crippen molar-refractivity contribution in [1.29, 1.82) is 0 Å². The molecule has 2 rings (SSSR count). The van der Waals surface area contributed by atoms with E-state index in [1.54, 1.807) is 0 Å². The van der Waals surface area contributed by atoms with E-state index >= 15 is 0 Å². The van der Waals surface area contributed by atoms with Crippen molar-refractivity contribution in [2.75, 3.05) is 6.61 Å². The third-order valence-corrected chi connectivity index (χ3v) is 2.76. The Labute approximate surface area is 68.3 Å². The van der Waals surface area contributed by atoms with Crippen LogP contribution in [-0.4, -0.2) is 24.8 Å². The van der Waals surface area contributed by atoms with E-state index in [1.807, 2.05) is 0 Å². The smallest absolute Gasteiger partial charge is 0.0728 e.